The Kier molecular flexibility index (Phi) is 0.445. The third-order valence-corrected chi connectivity index (χ3v) is 1.28. The first kappa shape index (κ1) is 2.64. The molecule has 18 valence electrons. The first-order valence-corrected chi connectivity index (χ1v) is 2.59. The zero-order chi connectivity index (χ0) is 2.99. The second-order valence-electron chi connectivity index (χ2n) is 0.789. The van der Waals surface area contributed by atoms with E-state index in [1.54, 1.807) is 22.1 Å². The van der Waals surface area contributed by atoms with Crippen LogP contribution in [0.2, 0.25) is 0 Å². The average molecular weight is 157 g/mol. The number of allylic oxidation sites excluding steroid dienone is 2. The van der Waals surface area contributed by atoms with Gasteiger partial charge in [-0.05, 0) is 0 Å². The SMILES string of the molecule is [Sn]=[C]1C=C1. The van der Waals surface area contributed by atoms with Crippen LogP contribution < -0.4 is 0 Å². The topological polar surface area (TPSA) is 0 Å². The minimum absolute atomic E-state index is 1.51. The summed E-state index contributed by atoms with van der Waals surface area (Å²) in [6.07, 6.45) is 4.25. The van der Waals surface area contributed by atoms with E-state index < -0.39 is 0 Å². The summed E-state index contributed by atoms with van der Waals surface area (Å²) in [5, 5.41) is 0. The van der Waals surface area contributed by atoms with Gasteiger partial charge in [0.2, 0.25) is 0 Å². The summed E-state index contributed by atoms with van der Waals surface area (Å²) in [6.45, 7) is 0. The van der Waals surface area contributed by atoms with E-state index in [1.165, 1.54) is 3.52 Å². The van der Waals surface area contributed by atoms with E-state index >= 15 is 0 Å². The van der Waals surface area contributed by atoms with Gasteiger partial charge < -0.3 is 0 Å². The first-order valence-electron chi connectivity index (χ1n) is 1.16. The summed E-state index contributed by atoms with van der Waals surface area (Å²) in [4.78, 5) is 0. The molecule has 0 bridgehead atoms. The summed E-state index contributed by atoms with van der Waals surface area (Å²) in [6, 6.07) is 0. The van der Waals surface area contributed by atoms with Gasteiger partial charge in [0.25, 0.3) is 0 Å². The van der Waals surface area contributed by atoms with Crippen molar-refractivity contribution >= 4 is 25.6 Å². The summed E-state index contributed by atoms with van der Waals surface area (Å²) in [7, 11) is 0. The molecule has 0 aromatic rings. The fourth-order valence-electron chi connectivity index (χ4n) is 0.0417. The minimum atomic E-state index is 1.51. The van der Waals surface area contributed by atoms with E-state index in [1.807, 2.05) is 0 Å². The van der Waals surface area contributed by atoms with Crippen LogP contribution in [0.3, 0.4) is 0 Å². The molecule has 4 heavy (non-hydrogen) atoms. The Morgan fingerprint density at radius 3 is 1.75 bits per heavy atom. The van der Waals surface area contributed by atoms with Crippen molar-refractivity contribution in [3.05, 3.63) is 12.2 Å². The van der Waals surface area contributed by atoms with Crippen molar-refractivity contribution < 1.29 is 0 Å². The number of hydrogen-bond donors (Lipinski definition) is 0. The summed E-state index contributed by atoms with van der Waals surface area (Å²) < 4.78 is 1.51. The molecule has 0 amide bonds. The molecule has 0 saturated heterocycles. The van der Waals surface area contributed by atoms with Crippen LogP contribution in [0.5, 0.6) is 0 Å². The molecular weight excluding hydrogens is 155 g/mol. The molecule has 0 fully saturated rings. The third kappa shape index (κ3) is 0.411. The Morgan fingerprint density at radius 2 is 1.75 bits per heavy atom. The predicted molar refractivity (Wildman–Crippen MR) is 19.9 cm³/mol. The van der Waals surface area contributed by atoms with Crippen LogP contribution in [-0.4, -0.2) is 25.6 Å². The molecule has 1 rings (SSSR count). The van der Waals surface area contributed by atoms with Gasteiger partial charge in [-0.1, -0.05) is 0 Å². The standard InChI is InChI=1S/C3H2.Sn/c1-2-3-1;/h1-2H;. The Morgan fingerprint density at radius 1 is 1.50 bits per heavy atom. The number of rotatable bonds is 0. The van der Waals surface area contributed by atoms with E-state index in [2.05, 4.69) is 12.2 Å². The Balaban J connectivity index is 2.80. The van der Waals surface area contributed by atoms with Crippen molar-refractivity contribution in [3.63, 3.8) is 0 Å². The fraction of sp³-hybridized carbons (Fsp3) is 0. The van der Waals surface area contributed by atoms with Crippen LogP contribution in [0.25, 0.3) is 0 Å². The monoisotopic (exact) mass is 158 g/mol. The van der Waals surface area contributed by atoms with E-state index in [0.717, 1.165) is 0 Å². The van der Waals surface area contributed by atoms with E-state index in [-0.39, 0.29) is 0 Å². The summed E-state index contributed by atoms with van der Waals surface area (Å²) >= 11 is 1.55. The Labute approximate surface area is 38.1 Å². The molecule has 0 unspecified atom stereocenters. The first-order chi connectivity index (χ1) is 1.89. The van der Waals surface area contributed by atoms with Gasteiger partial charge in [-0.15, -0.1) is 0 Å². The molecule has 0 N–H and O–H groups in total. The zero-order valence-corrected chi connectivity index (χ0v) is 5.01. The second kappa shape index (κ2) is 0.676. The van der Waals surface area contributed by atoms with Gasteiger partial charge in [0, 0.05) is 0 Å². The molecule has 0 aliphatic heterocycles. The van der Waals surface area contributed by atoms with Crippen molar-refractivity contribution in [2.75, 3.05) is 0 Å². The van der Waals surface area contributed by atoms with Crippen LogP contribution in [0.4, 0.5) is 0 Å². The molecule has 0 aromatic carbocycles. The molecule has 0 aromatic heterocycles. The van der Waals surface area contributed by atoms with Crippen LogP contribution in [0.15, 0.2) is 12.2 Å². The Bertz CT molecular complexity index is 63.4. The van der Waals surface area contributed by atoms with Gasteiger partial charge in [-0.25, -0.2) is 0 Å². The van der Waals surface area contributed by atoms with Gasteiger partial charge in [0.05, 0.1) is 0 Å². The average Bonchev–Trinajstić information content (AvgIpc) is 1.75. The molecule has 1 aliphatic carbocycles. The van der Waals surface area contributed by atoms with E-state index in [9.17, 15) is 0 Å². The van der Waals surface area contributed by atoms with Crippen molar-refractivity contribution in [2.24, 2.45) is 0 Å². The molecule has 0 heterocycles. The van der Waals surface area contributed by atoms with E-state index in [4.69, 9.17) is 0 Å². The molecule has 0 nitrogen and oxygen atoms in total. The normalized spacial score (nSPS) is 17.5. The van der Waals surface area contributed by atoms with Gasteiger partial charge in [0.1, 0.15) is 0 Å². The maximum absolute atomic E-state index is 2.12. The van der Waals surface area contributed by atoms with Crippen LogP contribution >= 0.6 is 0 Å². The number of hydrogen-bond acceptors (Lipinski definition) is 0. The van der Waals surface area contributed by atoms with Gasteiger partial charge >= 0.3 is 37.7 Å². The van der Waals surface area contributed by atoms with Crippen molar-refractivity contribution in [2.45, 2.75) is 0 Å². The summed E-state index contributed by atoms with van der Waals surface area (Å²) in [5.41, 5.74) is 0. The van der Waals surface area contributed by atoms with E-state index in [0.29, 0.717) is 0 Å². The van der Waals surface area contributed by atoms with Crippen molar-refractivity contribution in [3.8, 4) is 0 Å². The molecule has 1 aliphatic rings. The predicted octanol–water partition coefficient (Wildman–Crippen LogP) is -0.103. The molecular formula is C3H2Sn. The Hall–Kier alpha value is 0.409. The maximum atomic E-state index is 2.12. The van der Waals surface area contributed by atoms with Crippen molar-refractivity contribution in [1.82, 2.24) is 0 Å². The molecule has 2 radical (unpaired) electrons. The van der Waals surface area contributed by atoms with Crippen LogP contribution in [-0.2, 0) is 0 Å². The van der Waals surface area contributed by atoms with Crippen LogP contribution in [0.1, 0.15) is 0 Å². The zero-order valence-electron chi connectivity index (χ0n) is 2.15. The second-order valence-corrected chi connectivity index (χ2v) is 2.44. The quantitative estimate of drug-likeness (QED) is 0.430. The third-order valence-electron chi connectivity index (χ3n) is 0.333. The molecule has 0 atom stereocenters. The van der Waals surface area contributed by atoms with Crippen LogP contribution in [0, 0.1) is 0 Å². The molecule has 1 heteroatoms. The van der Waals surface area contributed by atoms with Crippen molar-refractivity contribution in [1.29, 1.82) is 0 Å². The van der Waals surface area contributed by atoms with Gasteiger partial charge in [-0.2, -0.15) is 0 Å². The van der Waals surface area contributed by atoms with Gasteiger partial charge in [0.15, 0.2) is 0 Å². The molecule has 0 spiro atoms. The molecule has 0 saturated carbocycles. The summed E-state index contributed by atoms with van der Waals surface area (Å²) in [5.74, 6) is 0. The van der Waals surface area contributed by atoms with Gasteiger partial charge in [-0.3, -0.25) is 0 Å². The fourth-order valence-corrected chi connectivity index (χ4v) is 0.280.